The molecule has 1 amide bonds. The lowest BCUT2D eigenvalue weighted by atomic mass is 9.32. The summed E-state index contributed by atoms with van der Waals surface area (Å²) >= 11 is 1.70. The van der Waals surface area contributed by atoms with Gasteiger partial charge in [0.2, 0.25) is 0 Å². The van der Waals surface area contributed by atoms with Gasteiger partial charge >= 0.3 is 6.09 Å². The van der Waals surface area contributed by atoms with E-state index in [1.807, 2.05) is 29.2 Å². The van der Waals surface area contributed by atoms with Crippen molar-refractivity contribution in [1.82, 2.24) is 4.90 Å². The van der Waals surface area contributed by atoms with Crippen LogP contribution < -0.4 is 4.74 Å². The molecular weight excluding hydrogens is 707 g/mol. The lowest BCUT2D eigenvalue weighted by molar-refractivity contribution is -0.175. The normalized spacial score (nSPS) is 40.2. The van der Waals surface area contributed by atoms with Crippen LogP contribution in [0, 0.1) is 51.2 Å². The fraction of sp³-hybridized carbons (Fsp3) is 0.660. The third-order valence-corrected chi connectivity index (χ3v) is 17.4. The Bertz CT molecular complexity index is 1820. The maximum atomic E-state index is 15.0. The molecule has 0 aliphatic heterocycles. The number of ketones is 1. The minimum atomic E-state index is -1.17. The van der Waals surface area contributed by atoms with Crippen LogP contribution in [0.5, 0.6) is 5.75 Å². The highest BCUT2D eigenvalue weighted by molar-refractivity contribution is 7.09. The first-order valence-electron chi connectivity index (χ1n) is 21.2. The number of ether oxygens (including phenoxy) is 2. The second kappa shape index (κ2) is 14.2. The molecule has 11 atom stereocenters. The van der Waals surface area contributed by atoms with E-state index in [9.17, 15) is 19.8 Å². The molecule has 8 heteroatoms. The number of aliphatic hydroxyl groups excluding tert-OH is 1. The van der Waals surface area contributed by atoms with Crippen molar-refractivity contribution >= 4 is 23.2 Å². The predicted molar refractivity (Wildman–Crippen MR) is 217 cm³/mol. The summed E-state index contributed by atoms with van der Waals surface area (Å²) in [7, 11) is 1.63. The van der Waals surface area contributed by atoms with Gasteiger partial charge < -0.3 is 24.6 Å². The number of hydrogen-bond acceptors (Lipinski definition) is 7. The molecule has 1 heterocycles. The van der Waals surface area contributed by atoms with E-state index >= 15 is 0 Å². The lowest BCUT2D eigenvalue weighted by Crippen LogP contribution is -2.67. The number of allylic oxidation sites excluding steroid dienone is 4. The summed E-state index contributed by atoms with van der Waals surface area (Å²) in [4.78, 5) is 32.5. The molecule has 1 unspecified atom stereocenters. The summed E-state index contributed by atoms with van der Waals surface area (Å²) in [6.07, 6.45) is 15.2. The van der Waals surface area contributed by atoms with Crippen LogP contribution >= 0.6 is 11.3 Å². The molecule has 7 nitrogen and oxygen atoms in total. The number of rotatable bonds is 10. The topological polar surface area (TPSA) is 96.3 Å². The smallest absolute Gasteiger partial charge is 0.410 e. The molecule has 7 aliphatic rings. The second-order valence-electron chi connectivity index (χ2n) is 19.4. The van der Waals surface area contributed by atoms with Gasteiger partial charge in [-0.05, 0) is 135 Å². The first-order valence-corrected chi connectivity index (χ1v) is 22.1. The molecule has 0 saturated heterocycles. The van der Waals surface area contributed by atoms with Crippen molar-refractivity contribution in [2.75, 3.05) is 20.2 Å². The maximum Gasteiger partial charge on any atom is 0.410 e. The van der Waals surface area contributed by atoms with Gasteiger partial charge in [-0.15, -0.1) is 11.3 Å². The molecule has 9 rings (SSSR count). The highest BCUT2D eigenvalue weighted by Crippen LogP contribution is 2.78. The van der Waals surface area contributed by atoms with Gasteiger partial charge in [-0.25, -0.2) is 4.79 Å². The fourth-order valence-electron chi connectivity index (χ4n) is 13.2. The van der Waals surface area contributed by atoms with Gasteiger partial charge in [0, 0.05) is 38.8 Å². The Kier molecular flexibility index (Phi) is 10.0. The van der Waals surface area contributed by atoms with E-state index in [0.29, 0.717) is 54.9 Å². The summed E-state index contributed by atoms with van der Waals surface area (Å²) in [6, 6.07) is 11.6. The van der Waals surface area contributed by atoms with Crippen LogP contribution in [0.1, 0.15) is 114 Å². The van der Waals surface area contributed by atoms with E-state index in [2.05, 4.69) is 70.4 Å². The van der Waals surface area contributed by atoms with E-state index in [1.54, 1.807) is 18.4 Å². The van der Waals surface area contributed by atoms with Crippen LogP contribution in [0.2, 0.25) is 0 Å². The molecule has 1 aromatic carbocycles. The molecule has 298 valence electrons. The van der Waals surface area contributed by atoms with Crippen molar-refractivity contribution in [2.45, 2.75) is 123 Å². The van der Waals surface area contributed by atoms with Gasteiger partial charge in [-0.3, -0.25) is 4.79 Å². The van der Waals surface area contributed by atoms with Crippen LogP contribution in [0.25, 0.3) is 0 Å². The fourth-order valence-corrected chi connectivity index (χ4v) is 13.9. The molecule has 2 N–H and O–H groups in total. The highest BCUT2D eigenvalue weighted by atomic mass is 32.1. The van der Waals surface area contributed by atoms with Gasteiger partial charge in [0.25, 0.3) is 0 Å². The summed E-state index contributed by atoms with van der Waals surface area (Å²) in [5.41, 5.74) is -1.35. The van der Waals surface area contributed by atoms with Crippen LogP contribution in [-0.2, 0) is 11.2 Å². The Morgan fingerprint density at radius 1 is 0.964 bits per heavy atom. The number of carbonyl (C=O) groups is 2. The van der Waals surface area contributed by atoms with E-state index < -0.39 is 27.9 Å². The summed E-state index contributed by atoms with van der Waals surface area (Å²) < 4.78 is 11.9. The standard InChI is InChI=1S/C47H63NO6S/c1-30(2)36-14-9-31(3)26-38(36)54-42(51)48(24-18-35-8-7-25-55-35)29-46(52)21-17-40-44(46,5)20-16-39-43(4)19-15-33(49)27-45(43)22-23-47(39,40)37(28-45)41(50)32-10-12-34(53-6)13-11-32/h7-8,10-13,22-23,25,28,30-31,33,36,38-40,49,52H,9,14-21,24,26-27,29H2,1-6H3/t31-,33?,36+,38-,39+,40+,43+,44-,45-,46+,47+/m0/s1. The first-order chi connectivity index (χ1) is 26.2. The number of aliphatic hydroxyl groups is 2. The molecule has 7 aliphatic carbocycles. The molecule has 2 aromatic rings. The van der Waals surface area contributed by atoms with Crippen molar-refractivity contribution < 1.29 is 29.3 Å². The van der Waals surface area contributed by atoms with Crippen LogP contribution in [0.15, 0.2) is 65.6 Å². The minimum Gasteiger partial charge on any atom is -0.497 e. The van der Waals surface area contributed by atoms with E-state index in [4.69, 9.17) is 9.47 Å². The summed E-state index contributed by atoms with van der Waals surface area (Å²) in [5, 5.41) is 26.4. The van der Waals surface area contributed by atoms with Crippen LogP contribution in [-0.4, -0.2) is 65.0 Å². The van der Waals surface area contributed by atoms with Gasteiger partial charge in [0.15, 0.2) is 5.78 Å². The SMILES string of the molecule is COc1ccc(C(=O)C2=C[C@@]34C=C[C@@]25[C@@H]2CC[C@@](O)(CN(CCc6cccs6)C(=O)O[C@H]6C[C@@H](C)CC[C@@H]6C(C)C)[C@@]2(C)CC[C@@H]5[C@@]3(C)CCC(O)C4)cc1. The van der Waals surface area contributed by atoms with Gasteiger partial charge in [-0.1, -0.05) is 65.3 Å². The average molecular weight is 770 g/mol. The Hall–Kier alpha value is -2.94. The molecule has 4 saturated carbocycles. The van der Waals surface area contributed by atoms with E-state index in [1.165, 1.54) is 4.88 Å². The molecule has 4 fully saturated rings. The zero-order chi connectivity index (χ0) is 39.0. The van der Waals surface area contributed by atoms with Crippen molar-refractivity contribution in [3.8, 4) is 5.75 Å². The minimum absolute atomic E-state index is 0.00453. The highest BCUT2D eigenvalue weighted by Gasteiger charge is 2.74. The Morgan fingerprint density at radius 3 is 2.40 bits per heavy atom. The number of nitrogens with zero attached hydrogens (tertiary/aromatic N) is 1. The van der Waals surface area contributed by atoms with Gasteiger partial charge in [-0.2, -0.15) is 0 Å². The Balaban J connectivity index is 1.15. The number of fused-ring (bicyclic) bond motifs is 1. The van der Waals surface area contributed by atoms with Gasteiger partial charge in [0.1, 0.15) is 11.9 Å². The third kappa shape index (κ3) is 6.09. The number of Topliss-reactive ketones (excluding diaryl/α,β-unsaturated/α-hetero) is 1. The molecule has 2 spiro atoms. The van der Waals surface area contributed by atoms with Crippen LogP contribution in [0.3, 0.4) is 0 Å². The first kappa shape index (κ1) is 38.9. The van der Waals surface area contributed by atoms with Crippen molar-refractivity contribution in [2.24, 2.45) is 51.2 Å². The molecular formula is C47H63NO6S. The molecule has 2 bridgehead atoms. The third-order valence-electron chi connectivity index (χ3n) is 16.4. The number of carbonyl (C=O) groups excluding carboxylic acids is 2. The van der Waals surface area contributed by atoms with Crippen LogP contribution in [0.4, 0.5) is 4.79 Å². The summed E-state index contributed by atoms with van der Waals surface area (Å²) in [6.45, 7) is 12.1. The predicted octanol–water partition coefficient (Wildman–Crippen LogP) is 9.67. The van der Waals surface area contributed by atoms with Crippen molar-refractivity contribution in [3.63, 3.8) is 0 Å². The number of amides is 1. The largest absolute Gasteiger partial charge is 0.497 e. The number of hydrogen-bond donors (Lipinski definition) is 2. The van der Waals surface area contributed by atoms with Crippen molar-refractivity contribution in [3.05, 3.63) is 76.0 Å². The quantitative estimate of drug-likeness (QED) is 0.185. The van der Waals surface area contributed by atoms with Crippen molar-refractivity contribution in [1.29, 1.82) is 0 Å². The molecule has 1 aromatic heterocycles. The maximum absolute atomic E-state index is 15.0. The number of thiophene rings is 1. The second-order valence-corrected chi connectivity index (χ2v) is 20.4. The average Bonchev–Trinajstić information content (AvgIpc) is 3.78. The number of benzene rings is 1. The lowest BCUT2D eigenvalue weighted by Gasteiger charge is -2.71. The van der Waals surface area contributed by atoms with E-state index in [0.717, 1.165) is 56.9 Å². The summed E-state index contributed by atoms with van der Waals surface area (Å²) in [5.74, 6) is 2.19. The van der Waals surface area contributed by atoms with Gasteiger partial charge in [0.05, 0.1) is 25.4 Å². The Morgan fingerprint density at radius 2 is 1.69 bits per heavy atom. The monoisotopic (exact) mass is 769 g/mol. The zero-order valence-electron chi connectivity index (χ0n) is 33.9. The number of methoxy groups -OCH3 is 1. The molecule has 55 heavy (non-hydrogen) atoms. The Labute approximate surface area is 332 Å². The molecule has 0 radical (unpaired) electrons. The van der Waals surface area contributed by atoms with E-state index in [-0.39, 0.29) is 41.8 Å². The zero-order valence-corrected chi connectivity index (χ0v) is 34.7.